The number of sulfonamides is 1. The second kappa shape index (κ2) is 4.68. The summed E-state index contributed by atoms with van der Waals surface area (Å²) in [4.78, 5) is 19.8. The quantitative estimate of drug-likeness (QED) is 0.657. The van der Waals surface area contributed by atoms with E-state index in [-0.39, 0.29) is 5.02 Å². The van der Waals surface area contributed by atoms with Crippen molar-refractivity contribution in [3.8, 4) is 0 Å². The molecule has 0 bridgehead atoms. The molecule has 1 aromatic carbocycles. The number of nitro benzene ring substituents is 1. The number of nitrogens with one attached hydrogen (secondary N) is 1. The molecule has 0 atom stereocenters. The van der Waals surface area contributed by atoms with Crippen molar-refractivity contribution in [3.63, 3.8) is 0 Å². The molecule has 0 saturated carbocycles. The number of nitrogens with zero attached hydrogens (tertiary/aromatic N) is 1. The second-order valence-corrected chi connectivity index (χ2v) is 5.12. The minimum atomic E-state index is -4.28. The summed E-state index contributed by atoms with van der Waals surface area (Å²) < 4.78 is 24.9. The van der Waals surface area contributed by atoms with Crippen LogP contribution in [0.25, 0.3) is 0 Å². The van der Waals surface area contributed by atoms with Crippen molar-refractivity contribution in [2.75, 3.05) is 0 Å². The lowest BCUT2D eigenvalue weighted by molar-refractivity contribution is -0.387. The lowest BCUT2D eigenvalue weighted by atomic mass is 10.3. The van der Waals surface area contributed by atoms with Crippen LogP contribution in [0.3, 0.4) is 0 Å². The van der Waals surface area contributed by atoms with Crippen LogP contribution in [0.1, 0.15) is 6.92 Å². The Bertz CT molecular complexity index is 584. The molecule has 1 N–H and O–H groups in total. The third-order valence-corrected chi connectivity index (χ3v) is 3.38. The number of rotatable bonds is 3. The normalized spacial score (nSPS) is 10.9. The molecule has 0 aromatic heterocycles. The van der Waals surface area contributed by atoms with Crippen molar-refractivity contribution in [1.82, 2.24) is 4.72 Å². The summed E-state index contributed by atoms with van der Waals surface area (Å²) >= 11 is 5.56. The van der Waals surface area contributed by atoms with Gasteiger partial charge in [0, 0.05) is 18.0 Å². The molecule has 1 amide bonds. The molecule has 0 aliphatic rings. The number of benzene rings is 1. The molecule has 0 aliphatic carbocycles. The minimum Gasteiger partial charge on any atom is -0.274 e. The SMILES string of the molecule is CC(=O)NS(=O)(=O)c1cc(Cl)ccc1[N+](=O)[O-]. The van der Waals surface area contributed by atoms with E-state index in [1.165, 1.54) is 6.07 Å². The van der Waals surface area contributed by atoms with Crippen molar-refractivity contribution in [1.29, 1.82) is 0 Å². The van der Waals surface area contributed by atoms with Crippen LogP contribution in [0, 0.1) is 10.1 Å². The van der Waals surface area contributed by atoms with Crippen LogP contribution in [0.5, 0.6) is 0 Å². The highest BCUT2D eigenvalue weighted by molar-refractivity contribution is 7.90. The highest BCUT2D eigenvalue weighted by Gasteiger charge is 2.26. The molecule has 9 heteroatoms. The van der Waals surface area contributed by atoms with Crippen LogP contribution in [0.15, 0.2) is 23.1 Å². The Balaban J connectivity index is 3.43. The molecule has 0 spiro atoms. The number of carbonyl (C=O) groups excluding carboxylic acids is 1. The van der Waals surface area contributed by atoms with E-state index in [4.69, 9.17) is 11.6 Å². The van der Waals surface area contributed by atoms with E-state index >= 15 is 0 Å². The maximum Gasteiger partial charge on any atom is 0.289 e. The second-order valence-electron chi connectivity index (χ2n) is 3.03. The van der Waals surface area contributed by atoms with Crippen molar-refractivity contribution >= 4 is 33.2 Å². The van der Waals surface area contributed by atoms with Gasteiger partial charge in [-0.05, 0) is 12.1 Å². The highest BCUT2D eigenvalue weighted by Crippen LogP contribution is 2.26. The Morgan fingerprint density at radius 3 is 2.53 bits per heavy atom. The first-order chi connectivity index (χ1) is 7.74. The Labute approximate surface area is 102 Å². The third kappa shape index (κ3) is 3.14. The Morgan fingerprint density at radius 1 is 1.47 bits per heavy atom. The fraction of sp³-hybridized carbons (Fsp3) is 0.125. The molecule has 0 radical (unpaired) electrons. The van der Waals surface area contributed by atoms with Gasteiger partial charge in [-0.1, -0.05) is 11.6 Å². The van der Waals surface area contributed by atoms with Crippen LogP contribution in [-0.2, 0) is 14.8 Å². The van der Waals surface area contributed by atoms with E-state index in [2.05, 4.69) is 0 Å². The van der Waals surface area contributed by atoms with Crippen molar-refractivity contribution in [3.05, 3.63) is 33.3 Å². The molecule has 1 aromatic rings. The van der Waals surface area contributed by atoms with Crippen LogP contribution in [-0.4, -0.2) is 19.2 Å². The number of carbonyl (C=O) groups is 1. The van der Waals surface area contributed by atoms with Gasteiger partial charge in [0.15, 0.2) is 4.90 Å². The van der Waals surface area contributed by atoms with Gasteiger partial charge in [-0.15, -0.1) is 0 Å². The highest BCUT2D eigenvalue weighted by atomic mass is 35.5. The standard InChI is InChI=1S/C8H7ClN2O5S/c1-5(12)10-17(15,16)8-4-6(9)2-3-7(8)11(13)14/h2-4H,1H3,(H,10,12). The monoisotopic (exact) mass is 278 g/mol. The van der Waals surface area contributed by atoms with E-state index in [0.29, 0.717) is 0 Å². The van der Waals surface area contributed by atoms with E-state index in [1.807, 2.05) is 0 Å². The zero-order chi connectivity index (χ0) is 13.2. The number of hydrogen-bond donors (Lipinski definition) is 1. The molecule has 0 unspecified atom stereocenters. The van der Waals surface area contributed by atoms with Crippen molar-refractivity contribution in [2.24, 2.45) is 0 Å². The molecule has 0 saturated heterocycles. The lowest BCUT2D eigenvalue weighted by Gasteiger charge is -2.05. The molecule has 1 rings (SSSR count). The smallest absolute Gasteiger partial charge is 0.274 e. The topological polar surface area (TPSA) is 106 Å². The predicted octanol–water partition coefficient (Wildman–Crippen LogP) is 1.07. The summed E-state index contributed by atoms with van der Waals surface area (Å²) in [6.07, 6.45) is 0. The van der Waals surface area contributed by atoms with Crippen LogP contribution >= 0.6 is 11.6 Å². The van der Waals surface area contributed by atoms with E-state index in [9.17, 15) is 23.3 Å². The summed E-state index contributed by atoms with van der Waals surface area (Å²) in [6, 6.07) is 3.05. The van der Waals surface area contributed by atoms with Crippen molar-refractivity contribution in [2.45, 2.75) is 11.8 Å². The molecule has 0 fully saturated rings. The van der Waals surface area contributed by atoms with Gasteiger partial charge >= 0.3 is 0 Å². The summed E-state index contributed by atoms with van der Waals surface area (Å²) in [6.45, 7) is 0.980. The Hall–Kier alpha value is -1.67. The summed E-state index contributed by atoms with van der Waals surface area (Å²) in [5.74, 6) is -0.848. The fourth-order valence-electron chi connectivity index (χ4n) is 1.10. The van der Waals surface area contributed by atoms with E-state index in [1.54, 1.807) is 4.72 Å². The Morgan fingerprint density at radius 2 is 2.06 bits per heavy atom. The average Bonchev–Trinajstić information content (AvgIpc) is 2.14. The van der Waals surface area contributed by atoms with Gasteiger partial charge in [-0.3, -0.25) is 14.9 Å². The van der Waals surface area contributed by atoms with Gasteiger partial charge < -0.3 is 0 Å². The summed E-state index contributed by atoms with van der Waals surface area (Å²) in [5.41, 5.74) is -0.650. The first kappa shape index (κ1) is 13.4. The summed E-state index contributed by atoms with van der Waals surface area (Å²) in [5, 5.41) is 10.7. The zero-order valence-corrected chi connectivity index (χ0v) is 10.1. The molecule has 92 valence electrons. The molecule has 7 nitrogen and oxygen atoms in total. The fourth-order valence-corrected chi connectivity index (χ4v) is 2.52. The number of halogens is 1. The Kier molecular flexibility index (Phi) is 3.69. The van der Waals surface area contributed by atoms with Crippen molar-refractivity contribution < 1.29 is 18.1 Å². The molecular weight excluding hydrogens is 272 g/mol. The average molecular weight is 279 g/mol. The van der Waals surface area contributed by atoms with Gasteiger partial charge in [0.2, 0.25) is 5.91 Å². The van der Waals surface area contributed by atoms with Gasteiger partial charge in [-0.2, -0.15) is 0 Å². The van der Waals surface area contributed by atoms with Crippen LogP contribution < -0.4 is 4.72 Å². The number of hydrogen-bond acceptors (Lipinski definition) is 5. The number of nitro groups is 1. The van der Waals surface area contributed by atoms with Crippen LogP contribution in [0.4, 0.5) is 5.69 Å². The minimum absolute atomic E-state index is 0.0135. The van der Waals surface area contributed by atoms with Gasteiger partial charge in [-0.25, -0.2) is 13.1 Å². The third-order valence-electron chi connectivity index (χ3n) is 1.69. The van der Waals surface area contributed by atoms with Gasteiger partial charge in [0.05, 0.1) is 4.92 Å². The number of amides is 1. The molecular formula is C8H7ClN2O5S. The van der Waals surface area contributed by atoms with E-state index < -0.39 is 31.4 Å². The van der Waals surface area contributed by atoms with Crippen LogP contribution in [0.2, 0.25) is 5.02 Å². The van der Waals surface area contributed by atoms with Gasteiger partial charge in [0.25, 0.3) is 15.7 Å². The van der Waals surface area contributed by atoms with E-state index in [0.717, 1.165) is 19.1 Å². The molecule has 0 aliphatic heterocycles. The zero-order valence-electron chi connectivity index (χ0n) is 8.51. The first-order valence-corrected chi connectivity index (χ1v) is 6.07. The maximum atomic E-state index is 11.6. The van der Waals surface area contributed by atoms with Gasteiger partial charge in [0.1, 0.15) is 0 Å². The molecule has 17 heavy (non-hydrogen) atoms. The molecule has 0 heterocycles. The summed E-state index contributed by atoms with van der Waals surface area (Å²) in [7, 11) is -4.28. The first-order valence-electron chi connectivity index (χ1n) is 4.21. The predicted molar refractivity (Wildman–Crippen MR) is 59.1 cm³/mol. The maximum absolute atomic E-state index is 11.6. The lowest BCUT2D eigenvalue weighted by Crippen LogP contribution is -2.28. The largest absolute Gasteiger partial charge is 0.289 e.